The monoisotopic (exact) mass is 302 g/mol. The highest BCUT2D eigenvalue weighted by molar-refractivity contribution is 6.09. The van der Waals surface area contributed by atoms with Crippen LogP contribution in [0.15, 0.2) is 22.7 Å². The van der Waals surface area contributed by atoms with Crippen LogP contribution in [0.3, 0.4) is 0 Å². The van der Waals surface area contributed by atoms with E-state index in [-0.39, 0.29) is 17.5 Å². The van der Waals surface area contributed by atoms with Crippen molar-refractivity contribution < 1.29 is 14.0 Å². The summed E-state index contributed by atoms with van der Waals surface area (Å²) >= 11 is 0. The third-order valence-corrected chi connectivity index (χ3v) is 3.82. The molecule has 0 aliphatic carbocycles. The molecule has 22 heavy (non-hydrogen) atoms. The molecule has 3 N–H and O–H groups in total. The summed E-state index contributed by atoms with van der Waals surface area (Å²) in [6, 6.07) is 3.21. The molecule has 2 aromatic heterocycles. The number of urea groups is 1. The minimum Gasteiger partial charge on any atom is -0.430 e. The van der Waals surface area contributed by atoms with Gasteiger partial charge in [0, 0.05) is 19.3 Å². The first-order valence-electron chi connectivity index (χ1n) is 7.40. The van der Waals surface area contributed by atoms with Gasteiger partial charge in [0.1, 0.15) is 5.69 Å². The normalized spacial score (nSPS) is 15.5. The summed E-state index contributed by atoms with van der Waals surface area (Å²) in [6.45, 7) is 1.43. The number of fused-ring (bicyclic) bond motifs is 1. The van der Waals surface area contributed by atoms with E-state index in [1.54, 1.807) is 23.2 Å². The van der Waals surface area contributed by atoms with E-state index in [0.717, 1.165) is 25.7 Å². The zero-order chi connectivity index (χ0) is 15.5. The van der Waals surface area contributed by atoms with Crippen molar-refractivity contribution in [2.24, 2.45) is 5.73 Å². The van der Waals surface area contributed by atoms with Crippen molar-refractivity contribution in [2.45, 2.75) is 25.7 Å². The van der Waals surface area contributed by atoms with Crippen molar-refractivity contribution >= 4 is 28.7 Å². The van der Waals surface area contributed by atoms with Crippen molar-refractivity contribution in [1.29, 1.82) is 0 Å². The summed E-state index contributed by atoms with van der Waals surface area (Å²) in [6.07, 6.45) is 5.80. The largest absolute Gasteiger partial charge is 0.430 e. The first kappa shape index (κ1) is 14.4. The zero-order valence-electron chi connectivity index (χ0n) is 12.2. The Labute approximate surface area is 127 Å². The molecule has 1 fully saturated rings. The molecule has 0 bridgehead atoms. The second-order valence-corrected chi connectivity index (χ2v) is 5.36. The lowest BCUT2D eigenvalue weighted by molar-refractivity contribution is 0.0977. The fourth-order valence-corrected chi connectivity index (χ4v) is 2.69. The first-order valence-corrected chi connectivity index (χ1v) is 7.40. The molecule has 1 saturated heterocycles. The Morgan fingerprint density at radius 1 is 1.23 bits per heavy atom. The number of likely N-dealkylation sites (tertiary alicyclic amines) is 1. The number of hydrogen-bond acceptors (Lipinski definition) is 4. The number of aromatic nitrogens is 1. The van der Waals surface area contributed by atoms with Crippen LogP contribution >= 0.6 is 0 Å². The molecule has 116 valence electrons. The van der Waals surface area contributed by atoms with E-state index in [1.807, 2.05) is 0 Å². The lowest BCUT2D eigenvalue weighted by atomic mass is 10.2. The van der Waals surface area contributed by atoms with Crippen LogP contribution in [0.1, 0.15) is 36.2 Å². The van der Waals surface area contributed by atoms with E-state index in [4.69, 9.17) is 10.2 Å². The average Bonchev–Trinajstić information content (AvgIpc) is 2.70. The molecular weight excluding hydrogens is 284 g/mol. The van der Waals surface area contributed by atoms with Gasteiger partial charge in [-0.25, -0.2) is 9.78 Å². The quantitative estimate of drug-likeness (QED) is 0.888. The van der Waals surface area contributed by atoms with Crippen LogP contribution in [-0.4, -0.2) is 34.9 Å². The molecular formula is C15H18N4O3. The SMILES string of the molecule is NC(=O)c1oc2ncccc2c1NC(=O)N1CCCCCC1. The van der Waals surface area contributed by atoms with Crippen LogP contribution in [0.25, 0.3) is 11.1 Å². The molecule has 7 nitrogen and oxygen atoms in total. The van der Waals surface area contributed by atoms with Gasteiger partial charge in [-0.2, -0.15) is 0 Å². The summed E-state index contributed by atoms with van der Waals surface area (Å²) in [5, 5.41) is 3.33. The summed E-state index contributed by atoms with van der Waals surface area (Å²) < 4.78 is 5.35. The lowest BCUT2D eigenvalue weighted by Gasteiger charge is -2.20. The molecule has 0 atom stereocenters. The number of carbonyl (C=O) groups is 2. The molecule has 3 heterocycles. The number of nitrogens with two attached hydrogens (primary N) is 1. The standard InChI is InChI=1S/C15H18N4O3/c16-13(20)12-11(10-6-5-7-17-14(10)22-12)18-15(21)19-8-3-1-2-4-9-19/h5-7H,1-4,8-9H2,(H2,16,20)(H,18,21). The highest BCUT2D eigenvalue weighted by Gasteiger charge is 2.23. The number of amides is 3. The molecule has 3 rings (SSSR count). The van der Waals surface area contributed by atoms with E-state index >= 15 is 0 Å². The number of primary amides is 1. The Kier molecular flexibility index (Phi) is 3.95. The molecule has 7 heteroatoms. The lowest BCUT2D eigenvalue weighted by Crippen LogP contribution is -2.36. The van der Waals surface area contributed by atoms with E-state index in [9.17, 15) is 9.59 Å². The molecule has 1 aliphatic heterocycles. The van der Waals surface area contributed by atoms with E-state index < -0.39 is 5.91 Å². The minimum atomic E-state index is -0.732. The van der Waals surface area contributed by atoms with Gasteiger partial charge >= 0.3 is 6.03 Å². The summed E-state index contributed by atoms with van der Waals surface area (Å²) in [5.74, 6) is -0.805. The Hall–Kier alpha value is -2.57. The molecule has 0 aromatic carbocycles. The van der Waals surface area contributed by atoms with Gasteiger partial charge < -0.3 is 20.4 Å². The maximum Gasteiger partial charge on any atom is 0.321 e. The van der Waals surface area contributed by atoms with Crippen LogP contribution in [0.4, 0.5) is 10.5 Å². The summed E-state index contributed by atoms with van der Waals surface area (Å²) in [4.78, 5) is 29.8. The third kappa shape index (κ3) is 2.74. The van der Waals surface area contributed by atoms with Gasteiger partial charge in [-0.1, -0.05) is 12.8 Å². The predicted molar refractivity (Wildman–Crippen MR) is 81.6 cm³/mol. The van der Waals surface area contributed by atoms with E-state index in [2.05, 4.69) is 10.3 Å². The Bertz CT molecular complexity index is 702. The van der Waals surface area contributed by atoms with Crippen molar-refractivity contribution in [3.8, 4) is 0 Å². The number of furan rings is 1. The second kappa shape index (κ2) is 6.05. The van der Waals surface area contributed by atoms with Gasteiger partial charge in [0.05, 0.1) is 5.39 Å². The Morgan fingerprint density at radius 2 is 1.95 bits per heavy atom. The Morgan fingerprint density at radius 3 is 2.64 bits per heavy atom. The summed E-state index contributed by atoms with van der Waals surface area (Å²) in [7, 11) is 0. The number of pyridine rings is 1. The number of nitrogens with one attached hydrogen (secondary N) is 1. The first-order chi connectivity index (χ1) is 10.7. The fraction of sp³-hybridized carbons (Fsp3) is 0.400. The van der Waals surface area contributed by atoms with Crippen LogP contribution < -0.4 is 11.1 Å². The fourth-order valence-electron chi connectivity index (χ4n) is 2.69. The minimum absolute atomic E-state index is 0.0723. The maximum absolute atomic E-state index is 12.4. The van der Waals surface area contributed by atoms with Crippen LogP contribution in [-0.2, 0) is 0 Å². The predicted octanol–water partition coefficient (Wildman–Crippen LogP) is 2.33. The molecule has 3 amide bonds. The molecule has 0 radical (unpaired) electrons. The number of rotatable bonds is 2. The number of anilines is 1. The van der Waals surface area contributed by atoms with Crippen molar-refractivity contribution in [2.75, 3.05) is 18.4 Å². The van der Waals surface area contributed by atoms with Gasteiger partial charge in [0.25, 0.3) is 5.91 Å². The van der Waals surface area contributed by atoms with Gasteiger partial charge in [0.2, 0.25) is 11.5 Å². The van der Waals surface area contributed by atoms with Crippen LogP contribution in [0.2, 0.25) is 0 Å². The third-order valence-electron chi connectivity index (χ3n) is 3.82. The van der Waals surface area contributed by atoms with Crippen molar-refractivity contribution in [3.63, 3.8) is 0 Å². The topological polar surface area (TPSA) is 101 Å². The van der Waals surface area contributed by atoms with Crippen molar-refractivity contribution in [3.05, 3.63) is 24.1 Å². The number of nitrogens with zero attached hydrogens (tertiary/aromatic N) is 2. The van der Waals surface area contributed by atoms with Crippen LogP contribution in [0, 0.1) is 0 Å². The number of hydrogen-bond donors (Lipinski definition) is 2. The van der Waals surface area contributed by atoms with E-state index in [0.29, 0.717) is 24.2 Å². The van der Waals surface area contributed by atoms with Gasteiger partial charge in [-0.05, 0) is 25.0 Å². The highest BCUT2D eigenvalue weighted by Crippen LogP contribution is 2.29. The number of carbonyl (C=O) groups excluding carboxylic acids is 2. The molecule has 2 aromatic rings. The van der Waals surface area contributed by atoms with Crippen molar-refractivity contribution in [1.82, 2.24) is 9.88 Å². The van der Waals surface area contributed by atoms with Gasteiger partial charge in [-0.15, -0.1) is 0 Å². The molecule has 0 unspecified atom stereocenters. The Balaban J connectivity index is 1.90. The van der Waals surface area contributed by atoms with Gasteiger partial charge in [-0.3, -0.25) is 4.79 Å². The zero-order valence-corrected chi connectivity index (χ0v) is 12.2. The average molecular weight is 302 g/mol. The van der Waals surface area contributed by atoms with Crippen LogP contribution in [0.5, 0.6) is 0 Å². The molecule has 0 spiro atoms. The van der Waals surface area contributed by atoms with Gasteiger partial charge in [0.15, 0.2) is 0 Å². The summed E-state index contributed by atoms with van der Waals surface area (Å²) in [5.41, 5.74) is 5.91. The maximum atomic E-state index is 12.4. The van der Waals surface area contributed by atoms with E-state index in [1.165, 1.54) is 0 Å². The second-order valence-electron chi connectivity index (χ2n) is 5.36. The molecule has 0 saturated carbocycles. The highest BCUT2D eigenvalue weighted by atomic mass is 16.4. The smallest absolute Gasteiger partial charge is 0.321 e. The molecule has 1 aliphatic rings.